The minimum atomic E-state index is -0.923. The van der Waals surface area contributed by atoms with Crippen molar-refractivity contribution in [1.82, 2.24) is 0 Å². The average molecular weight is 217 g/mol. The second kappa shape index (κ2) is 4.19. The van der Waals surface area contributed by atoms with Gasteiger partial charge < -0.3 is 15.3 Å². The second-order valence-electron chi connectivity index (χ2n) is 2.84. The van der Waals surface area contributed by atoms with Crippen LogP contribution in [0.4, 0.5) is 0 Å². The first-order valence-electron chi connectivity index (χ1n) is 3.93. The Balaban J connectivity index is 2.84. The summed E-state index contributed by atoms with van der Waals surface area (Å²) in [4.78, 5) is 10.3. The molecular formula is C9H9ClO4. The number of aryl methyl sites for hydroxylation is 1. The van der Waals surface area contributed by atoms with Crippen LogP contribution in [0.15, 0.2) is 12.1 Å². The lowest BCUT2D eigenvalue weighted by Gasteiger charge is -2.04. The Hall–Kier alpha value is -1.42. The molecule has 3 N–H and O–H groups in total. The van der Waals surface area contributed by atoms with Crippen molar-refractivity contribution in [2.75, 3.05) is 0 Å². The van der Waals surface area contributed by atoms with Gasteiger partial charge in [-0.15, -0.1) is 0 Å². The Morgan fingerprint density at radius 2 is 2.00 bits per heavy atom. The van der Waals surface area contributed by atoms with Crippen molar-refractivity contribution >= 4 is 17.6 Å². The molecule has 0 amide bonds. The van der Waals surface area contributed by atoms with Gasteiger partial charge in [-0.05, 0) is 24.1 Å². The molecule has 0 aliphatic carbocycles. The van der Waals surface area contributed by atoms with Crippen LogP contribution in [0.2, 0.25) is 5.02 Å². The highest BCUT2D eigenvalue weighted by Crippen LogP contribution is 2.34. The maximum Gasteiger partial charge on any atom is 0.303 e. The van der Waals surface area contributed by atoms with Gasteiger partial charge in [-0.1, -0.05) is 11.6 Å². The fraction of sp³-hybridized carbons (Fsp3) is 0.222. The fourth-order valence-electron chi connectivity index (χ4n) is 1.03. The summed E-state index contributed by atoms with van der Waals surface area (Å²) in [6, 6.07) is 2.73. The van der Waals surface area contributed by atoms with E-state index in [4.69, 9.17) is 26.9 Å². The lowest BCUT2D eigenvalue weighted by Crippen LogP contribution is -1.97. The van der Waals surface area contributed by atoms with Gasteiger partial charge in [0.15, 0.2) is 11.5 Å². The van der Waals surface area contributed by atoms with Gasteiger partial charge in [0.05, 0.1) is 5.02 Å². The van der Waals surface area contributed by atoms with E-state index in [1.807, 2.05) is 0 Å². The Morgan fingerprint density at radius 3 is 2.50 bits per heavy atom. The van der Waals surface area contributed by atoms with E-state index in [0.717, 1.165) is 0 Å². The molecule has 0 unspecified atom stereocenters. The molecule has 0 bridgehead atoms. The lowest BCUT2D eigenvalue weighted by atomic mass is 10.1. The van der Waals surface area contributed by atoms with E-state index in [1.165, 1.54) is 12.1 Å². The summed E-state index contributed by atoms with van der Waals surface area (Å²) in [7, 11) is 0. The number of aliphatic carboxylic acids is 1. The molecule has 0 radical (unpaired) electrons. The zero-order chi connectivity index (χ0) is 10.7. The van der Waals surface area contributed by atoms with Crippen molar-refractivity contribution < 1.29 is 20.1 Å². The molecule has 0 saturated heterocycles. The zero-order valence-electron chi connectivity index (χ0n) is 7.20. The molecule has 0 aromatic heterocycles. The van der Waals surface area contributed by atoms with E-state index in [1.54, 1.807) is 0 Å². The first kappa shape index (κ1) is 10.7. The van der Waals surface area contributed by atoms with Gasteiger partial charge in [0.1, 0.15) is 0 Å². The van der Waals surface area contributed by atoms with E-state index in [2.05, 4.69) is 0 Å². The number of hydrogen-bond donors (Lipinski definition) is 3. The summed E-state index contributed by atoms with van der Waals surface area (Å²) in [5, 5.41) is 26.7. The summed E-state index contributed by atoms with van der Waals surface area (Å²) in [5.74, 6) is -1.64. The summed E-state index contributed by atoms with van der Waals surface area (Å²) in [6.45, 7) is 0. The molecule has 4 nitrogen and oxygen atoms in total. The number of aromatic hydroxyl groups is 2. The molecule has 1 aromatic carbocycles. The van der Waals surface area contributed by atoms with E-state index < -0.39 is 5.97 Å². The number of carbonyl (C=O) groups is 1. The molecule has 0 atom stereocenters. The molecule has 1 rings (SSSR count). The SMILES string of the molecule is O=C(O)CCc1cc(O)c(O)c(Cl)c1. The Kier molecular flexibility index (Phi) is 3.19. The Morgan fingerprint density at radius 1 is 1.36 bits per heavy atom. The van der Waals surface area contributed by atoms with Gasteiger partial charge in [0, 0.05) is 6.42 Å². The van der Waals surface area contributed by atoms with Crippen LogP contribution in [0, 0.1) is 0 Å². The highest BCUT2D eigenvalue weighted by molar-refractivity contribution is 6.32. The topological polar surface area (TPSA) is 77.8 Å². The fourth-order valence-corrected chi connectivity index (χ4v) is 1.27. The molecule has 76 valence electrons. The van der Waals surface area contributed by atoms with Crippen molar-refractivity contribution in [2.45, 2.75) is 12.8 Å². The quantitative estimate of drug-likeness (QED) is 0.673. The molecule has 0 aliphatic heterocycles. The number of benzene rings is 1. The molecule has 0 fully saturated rings. The maximum atomic E-state index is 10.3. The second-order valence-corrected chi connectivity index (χ2v) is 3.25. The number of rotatable bonds is 3. The van der Waals surface area contributed by atoms with Crippen LogP contribution in [-0.4, -0.2) is 21.3 Å². The minimum Gasteiger partial charge on any atom is -0.504 e. The van der Waals surface area contributed by atoms with Crippen molar-refractivity contribution in [3.05, 3.63) is 22.7 Å². The van der Waals surface area contributed by atoms with Crippen LogP contribution in [0.25, 0.3) is 0 Å². The smallest absolute Gasteiger partial charge is 0.303 e. The standard InChI is InChI=1S/C9H9ClO4/c10-6-3-5(1-2-8(12)13)4-7(11)9(6)14/h3-4,11,14H,1-2H2,(H,12,13). The average Bonchev–Trinajstić information content (AvgIpc) is 2.10. The monoisotopic (exact) mass is 216 g/mol. The van der Waals surface area contributed by atoms with Gasteiger partial charge in [0.2, 0.25) is 0 Å². The Bertz CT molecular complexity index is 339. The third kappa shape index (κ3) is 2.53. The molecule has 0 aliphatic rings. The summed E-state index contributed by atoms with van der Waals surface area (Å²) in [5.41, 5.74) is 0.577. The molecule has 0 heterocycles. The highest BCUT2D eigenvalue weighted by atomic mass is 35.5. The molecule has 14 heavy (non-hydrogen) atoms. The number of phenols is 2. The van der Waals surface area contributed by atoms with E-state index >= 15 is 0 Å². The van der Waals surface area contributed by atoms with Crippen LogP contribution in [-0.2, 0) is 11.2 Å². The Labute approximate surface area is 85.4 Å². The largest absolute Gasteiger partial charge is 0.504 e. The summed E-state index contributed by atoms with van der Waals surface area (Å²) < 4.78 is 0. The van der Waals surface area contributed by atoms with Crippen molar-refractivity contribution in [1.29, 1.82) is 0 Å². The van der Waals surface area contributed by atoms with E-state index in [9.17, 15) is 4.79 Å². The van der Waals surface area contributed by atoms with Crippen molar-refractivity contribution in [2.24, 2.45) is 0 Å². The summed E-state index contributed by atoms with van der Waals surface area (Å²) in [6.07, 6.45) is 0.226. The molecule has 0 spiro atoms. The van der Waals surface area contributed by atoms with Crippen molar-refractivity contribution in [3.8, 4) is 11.5 Å². The molecule has 0 saturated carbocycles. The van der Waals surface area contributed by atoms with Gasteiger partial charge >= 0.3 is 5.97 Å². The number of halogens is 1. The third-order valence-electron chi connectivity index (χ3n) is 1.73. The van der Waals surface area contributed by atoms with E-state index in [-0.39, 0.29) is 29.4 Å². The van der Waals surface area contributed by atoms with Gasteiger partial charge in [-0.3, -0.25) is 4.79 Å². The predicted molar refractivity (Wildman–Crippen MR) is 50.7 cm³/mol. The first-order chi connectivity index (χ1) is 6.50. The highest BCUT2D eigenvalue weighted by Gasteiger charge is 2.08. The maximum absolute atomic E-state index is 10.3. The molecular weight excluding hydrogens is 208 g/mol. The van der Waals surface area contributed by atoms with Crippen LogP contribution in [0.5, 0.6) is 11.5 Å². The summed E-state index contributed by atoms with van der Waals surface area (Å²) >= 11 is 5.58. The van der Waals surface area contributed by atoms with Crippen LogP contribution in [0.1, 0.15) is 12.0 Å². The first-order valence-corrected chi connectivity index (χ1v) is 4.30. The van der Waals surface area contributed by atoms with Gasteiger partial charge in [-0.25, -0.2) is 0 Å². The molecule has 5 heteroatoms. The minimum absolute atomic E-state index is 0.0189. The third-order valence-corrected chi connectivity index (χ3v) is 2.02. The van der Waals surface area contributed by atoms with E-state index in [0.29, 0.717) is 5.56 Å². The zero-order valence-corrected chi connectivity index (χ0v) is 7.95. The number of carboxylic acid groups (broad SMARTS) is 1. The molecule has 1 aromatic rings. The predicted octanol–water partition coefficient (Wildman–Crippen LogP) is 1.77. The van der Waals surface area contributed by atoms with Crippen LogP contribution < -0.4 is 0 Å². The number of carboxylic acids is 1. The number of hydrogen-bond acceptors (Lipinski definition) is 3. The number of phenolic OH excluding ortho intramolecular Hbond substituents is 2. The van der Waals surface area contributed by atoms with Gasteiger partial charge in [0.25, 0.3) is 0 Å². The van der Waals surface area contributed by atoms with Crippen LogP contribution in [0.3, 0.4) is 0 Å². The normalized spacial score (nSPS) is 10.1. The lowest BCUT2D eigenvalue weighted by molar-refractivity contribution is -0.136. The van der Waals surface area contributed by atoms with Crippen molar-refractivity contribution in [3.63, 3.8) is 0 Å². The van der Waals surface area contributed by atoms with Gasteiger partial charge in [-0.2, -0.15) is 0 Å². The van der Waals surface area contributed by atoms with Crippen LogP contribution >= 0.6 is 11.6 Å².